The van der Waals surface area contributed by atoms with Gasteiger partial charge in [0.15, 0.2) is 0 Å². The summed E-state index contributed by atoms with van der Waals surface area (Å²) in [4.78, 5) is 8.30. The molecule has 0 aliphatic heterocycles. The van der Waals surface area contributed by atoms with Crippen LogP contribution in [0.25, 0.3) is 10.9 Å². The van der Waals surface area contributed by atoms with Crippen LogP contribution in [0.4, 0.5) is 0 Å². The van der Waals surface area contributed by atoms with Crippen molar-refractivity contribution in [1.29, 1.82) is 0 Å². The van der Waals surface area contributed by atoms with Crippen LogP contribution in [0, 0.1) is 0 Å². The first-order chi connectivity index (χ1) is 7.92. The van der Waals surface area contributed by atoms with E-state index in [0.717, 1.165) is 16.1 Å². The van der Waals surface area contributed by atoms with E-state index in [9.17, 15) is 0 Å². The molecule has 4 heteroatoms. The van der Waals surface area contributed by atoms with Crippen LogP contribution in [0.3, 0.4) is 0 Å². The van der Waals surface area contributed by atoms with Crippen LogP contribution >= 0.6 is 11.3 Å². The van der Waals surface area contributed by atoms with Crippen molar-refractivity contribution in [3.05, 3.63) is 47.0 Å². The summed E-state index contributed by atoms with van der Waals surface area (Å²) in [5, 5.41) is 1.17. The second kappa shape index (κ2) is 3.98. The largest absolute Gasteiger partial charge is 0.488 e. The fourth-order valence-electron chi connectivity index (χ4n) is 1.59. The molecule has 0 radical (unpaired) electrons. The van der Waals surface area contributed by atoms with Crippen LogP contribution in [0.2, 0.25) is 0 Å². The zero-order chi connectivity index (χ0) is 10.8. The van der Waals surface area contributed by atoms with Gasteiger partial charge < -0.3 is 9.72 Å². The van der Waals surface area contributed by atoms with E-state index in [1.165, 1.54) is 5.39 Å². The summed E-state index contributed by atoms with van der Waals surface area (Å²) < 4.78 is 5.68. The maximum Gasteiger partial charge on any atom is 0.124 e. The Morgan fingerprint density at radius 1 is 1.31 bits per heavy atom. The maximum absolute atomic E-state index is 5.68. The molecule has 0 aliphatic carbocycles. The molecule has 0 atom stereocenters. The first-order valence-electron chi connectivity index (χ1n) is 4.99. The van der Waals surface area contributed by atoms with Gasteiger partial charge in [-0.1, -0.05) is 0 Å². The summed E-state index contributed by atoms with van der Waals surface area (Å²) in [7, 11) is 0. The molecule has 3 aromatic rings. The lowest BCUT2D eigenvalue weighted by Crippen LogP contribution is -1.92. The number of fused-ring (bicyclic) bond motifs is 1. The van der Waals surface area contributed by atoms with Crippen LogP contribution in [-0.4, -0.2) is 9.97 Å². The Labute approximate surface area is 96.7 Å². The number of nitrogens with zero attached hydrogens (tertiary/aromatic N) is 1. The topological polar surface area (TPSA) is 37.9 Å². The van der Waals surface area contributed by atoms with Crippen LogP contribution in [-0.2, 0) is 6.61 Å². The lowest BCUT2D eigenvalue weighted by atomic mass is 10.2. The number of H-pyrrole nitrogens is 1. The molecule has 0 aliphatic rings. The van der Waals surface area contributed by atoms with Gasteiger partial charge in [-0.05, 0) is 24.3 Å². The molecule has 0 saturated carbocycles. The predicted molar refractivity (Wildman–Crippen MR) is 64.7 cm³/mol. The van der Waals surface area contributed by atoms with E-state index in [2.05, 4.69) is 9.97 Å². The molecular formula is C12H10N2OS. The quantitative estimate of drug-likeness (QED) is 0.750. The first-order valence-corrected chi connectivity index (χ1v) is 5.87. The molecule has 0 spiro atoms. The summed E-state index contributed by atoms with van der Waals surface area (Å²) >= 11 is 1.61. The van der Waals surface area contributed by atoms with Crippen molar-refractivity contribution < 1.29 is 4.74 Å². The maximum atomic E-state index is 5.68. The minimum absolute atomic E-state index is 0.584. The zero-order valence-electron chi connectivity index (χ0n) is 8.51. The molecule has 1 aromatic carbocycles. The van der Waals surface area contributed by atoms with Gasteiger partial charge in [-0.25, -0.2) is 0 Å². The van der Waals surface area contributed by atoms with E-state index >= 15 is 0 Å². The van der Waals surface area contributed by atoms with Crippen LogP contribution in [0.1, 0.15) is 4.88 Å². The molecule has 2 heterocycles. The number of aromatic amines is 1. The van der Waals surface area contributed by atoms with Gasteiger partial charge in [0.2, 0.25) is 0 Å². The minimum atomic E-state index is 0.584. The third kappa shape index (κ3) is 1.79. The van der Waals surface area contributed by atoms with E-state index in [0.29, 0.717) is 6.61 Å². The third-order valence-electron chi connectivity index (χ3n) is 2.39. The Balaban J connectivity index is 1.78. The molecule has 3 nitrogen and oxygen atoms in total. The molecule has 3 rings (SSSR count). The Morgan fingerprint density at radius 3 is 3.19 bits per heavy atom. The highest BCUT2D eigenvalue weighted by atomic mass is 32.1. The number of hydrogen-bond acceptors (Lipinski definition) is 3. The van der Waals surface area contributed by atoms with Gasteiger partial charge in [-0.3, -0.25) is 4.98 Å². The molecule has 0 amide bonds. The first kappa shape index (κ1) is 9.42. The Kier molecular flexibility index (Phi) is 2.34. The second-order valence-electron chi connectivity index (χ2n) is 3.48. The number of ether oxygens (including phenoxy) is 1. The van der Waals surface area contributed by atoms with Gasteiger partial charge in [-0.2, -0.15) is 0 Å². The van der Waals surface area contributed by atoms with E-state index in [-0.39, 0.29) is 0 Å². The number of nitrogens with one attached hydrogen (secondary N) is 1. The van der Waals surface area contributed by atoms with Gasteiger partial charge in [0.25, 0.3) is 0 Å². The molecule has 0 unspecified atom stereocenters. The highest BCUT2D eigenvalue weighted by molar-refractivity contribution is 7.09. The number of rotatable bonds is 3. The number of hydrogen-bond donors (Lipinski definition) is 1. The fourth-order valence-corrected chi connectivity index (χ4v) is 2.09. The lowest BCUT2D eigenvalue weighted by molar-refractivity contribution is 0.310. The normalized spacial score (nSPS) is 10.8. The number of aromatic nitrogens is 2. The molecular weight excluding hydrogens is 220 g/mol. The van der Waals surface area contributed by atoms with Crippen molar-refractivity contribution in [2.75, 3.05) is 0 Å². The van der Waals surface area contributed by atoms with Crippen LogP contribution in [0.15, 0.2) is 42.2 Å². The van der Waals surface area contributed by atoms with Gasteiger partial charge in [0.05, 0.1) is 10.4 Å². The van der Waals surface area contributed by atoms with Crippen molar-refractivity contribution in [3.8, 4) is 5.75 Å². The van der Waals surface area contributed by atoms with Crippen molar-refractivity contribution in [1.82, 2.24) is 9.97 Å². The van der Waals surface area contributed by atoms with Gasteiger partial charge >= 0.3 is 0 Å². The standard InChI is InChI=1S/C12H10N2OS/c1-2-12-9(3-4-14-12)5-10(1)15-7-11-6-13-8-16-11/h1-6,8,14H,7H2. The van der Waals surface area contributed by atoms with E-state index in [4.69, 9.17) is 4.74 Å². The van der Waals surface area contributed by atoms with E-state index < -0.39 is 0 Å². The summed E-state index contributed by atoms with van der Waals surface area (Å²) in [6.07, 6.45) is 3.76. The molecule has 2 aromatic heterocycles. The fraction of sp³-hybridized carbons (Fsp3) is 0.0833. The monoisotopic (exact) mass is 230 g/mol. The second-order valence-corrected chi connectivity index (χ2v) is 4.45. The summed E-state index contributed by atoms with van der Waals surface area (Å²) in [5.74, 6) is 0.889. The van der Waals surface area contributed by atoms with Crippen molar-refractivity contribution in [2.24, 2.45) is 0 Å². The smallest absolute Gasteiger partial charge is 0.124 e. The van der Waals surface area contributed by atoms with Gasteiger partial charge in [0.1, 0.15) is 12.4 Å². The van der Waals surface area contributed by atoms with Crippen LogP contribution < -0.4 is 4.74 Å². The SMILES string of the molecule is c1cc2cc(OCc3cncs3)ccc2[nH]1. The van der Waals surface area contributed by atoms with Crippen LogP contribution in [0.5, 0.6) is 5.75 Å². The number of benzene rings is 1. The summed E-state index contributed by atoms with van der Waals surface area (Å²) in [6.45, 7) is 0.584. The predicted octanol–water partition coefficient (Wildman–Crippen LogP) is 3.20. The molecule has 0 fully saturated rings. The average Bonchev–Trinajstić information content (AvgIpc) is 2.97. The highest BCUT2D eigenvalue weighted by Crippen LogP contribution is 2.21. The van der Waals surface area contributed by atoms with Gasteiger partial charge in [0, 0.05) is 23.3 Å². The summed E-state index contributed by atoms with van der Waals surface area (Å²) in [6, 6.07) is 8.07. The van der Waals surface area contributed by atoms with Crippen molar-refractivity contribution in [2.45, 2.75) is 6.61 Å². The van der Waals surface area contributed by atoms with Crippen molar-refractivity contribution in [3.63, 3.8) is 0 Å². The Hall–Kier alpha value is -1.81. The average molecular weight is 230 g/mol. The number of thiazole rings is 1. The Bertz CT molecular complexity index is 586. The zero-order valence-corrected chi connectivity index (χ0v) is 9.33. The lowest BCUT2D eigenvalue weighted by Gasteiger charge is -2.03. The molecule has 1 N–H and O–H groups in total. The summed E-state index contributed by atoms with van der Waals surface area (Å²) in [5.41, 5.74) is 2.94. The molecule has 80 valence electrons. The molecule has 16 heavy (non-hydrogen) atoms. The molecule has 0 saturated heterocycles. The minimum Gasteiger partial charge on any atom is -0.488 e. The Morgan fingerprint density at radius 2 is 2.31 bits per heavy atom. The van der Waals surface area contributed by atoms with E-state index in [1.807, 2.05) is 42.2 Å². The third-order valence-corrected chi connectivity index (χ3v) is 3.14. The highest BCUT2D eigenvalue weighted by Gasteiger charge is 1.99. The molecule has 0 bridgehead atoms. The van der Waals surface area contributed by atoms with Gasteiger partial charge in [-0.15, -0.1) is 11.3 Å². The van der Waals surface area contributed by atoms with Crippen molar-refractivity contribution >= 4 is 22.2 Å². The van der Waals surface area contributed by atoms with E-state index in [1.54, 1.807) is 11.3 Å².